The highest BCUT2D eigenvalue weighted by atomic mass is 19.4. The number of allylic oxidation sites excluding steroid dienone is 2. The van der Waals surface area contributed by atoms with Crippen molar-refractivity contribution in [3.63, 3.8) is 0 Å². The second-order valence-corrected chi connectivity index (χ2v) is 11.3. The molecule has 0 bridgehead atoms. The maximum atomic E-state index is 14.6. The topological polar surface area (TPSA) is 152 Å². The lowest BCUT2D eigenvalue weighted by Gasteiger charge is -2.39. The number of piperidine rings is 1. The zero-order valence-corrected chi connectivity index (χ0v) is 24.1. The Bertz CT molecular complexity index is 1550. The lowest BCUT2D eigenvalue weighted by Crippen LogP contribution is -2.41. The highest BCUT2D eigenvalue weighted by Crippen LogP contribution is 2.43. The summed E-state index contributed by atoms with van der Waals surface area (Å²) in [5.74, 6) is -1.09. The first-order chi connectivity index (χ1) is 20.9. The van der Waals surface area contributed by atoms with Gasteiger partial charge >= 0.3 is 12.1 Å². The van der Waals surface area contributed by atoms with E-state index < -0.39 is 24.3 Å². The number of hydrogen-bond donors (Lipinski definition) is 4. The molecule has 0 radical (unpaired) electrons. The van der Waals surface area contributed by atoms with Gasteiger partial charge in [-0.2, -0.15) is 23.1 Å². The van der Waals surface area contributed by atoms with Gasteiger partial charge in [0.15, 0.2) is 0 Å². The second-order valence-electron chi connectivity index (χ2n) is 11.3. The Labute approximate surface area is 252 Å². The summed E-state index contributed by atoms with van der Waals surface area (Å²) in [6, 6.07) is 14.5. The number of halogens is 3. The van der Waals surface area contributed by atoms with Crippen LogP contribution in [0.1, 0.15) is 37.9 Å². The largest absolute Gasteiger partial charge is 0.480 e. The van der Waals surface area contributed by atoms with Crippen molar-refractivity contribution in [2.75, 3.05) is 30.3 Å². The van der Waals surface area contributed by atoms with Crippen molar-refractivity contribution in [3.8, 4) is 17.0 Å². The van der Waals surface area contributed by atoms with E-state index in [1.165, 1.54) is 24.4 Å². The van der Waals surface area contributed by atoms with Gasteiger partial charge in [-0.25, -0.2) is 0 Å². The van der Waals surface area contributed by atoms with E-state index in [2.05, 4.69) is 20.3 Å². The fourth-order valence-electron chi connectivity index (χ4n) is 5.69. The Balaban J connectivity index is 1.42. The fraction of sp³-hybridized carbons (Fsp3) is 0.355. The molecule has 2 fully saturated rings. The van der Waals surface area contributed by atoms with E-state index >= 15 is 0 Å². The van der Waals surface area contributed by atoms with Crippen LogP contribution in [0.2, 0.25) is 0 Å². The van der Waals surface area contributed by atoms with Crippen LogP contribution in [0.15, 0.2) is 71.4 Å². The van der Waals surface area contributed by atoms with E-state index in [-0.39, 0.29) is 28.5 Å². The molecule has 1 aromatic heterocycles. The maximum absolute atomic E-state index is 14.6. The number of carboxylic acid groups (broad SMARTS) is 1. The van der Waals surface area contributed by atoms with Gasteiger partial charge in [-0.15, -0.1) is 0 Å². The molecule has 0 amide bonds. The first kappa shape index (κ1) is 30.8. The molecule has 13 heteroatoms. The SMILES string of the molecule is CC(N)=CC=Nc1cc(-c2ccccc2)ccc1[C@@H](Oc1cc(N2CCC3(CC2)CN[C@H](C(=O)O)C3)nc(N)n1)C(F)(F)F. The number of rotatable bonds is 8. The number of nitrogens with zero attached hydrogens (tertiary/aromatic N) is 4. The molecule has 44 heavy (non-hydrogen) atoms. The average Bonchev–Trinajstić information content (AvgIpc) is 3.39. The Morgan fingerprint density at radius 1 is 1.16 bits per heavy atom. The van der Waals surface area contributed by atoms with Crippen molar-refractivity contribution in [2.45, 2.75) is 44.5 Å². The number of carboxylic acids is 1. The number of aliphatic imine (C=N–C) groups is 1. The molecule has 10 nitrogen and oxygen atoms in total. The number of hydrogen-bond acceptors (Lipinski definition) is 9. The van der Waals surface area contributed by atoms with E-state index in [9.17, 15) is 23.1 Å². The summed E-state index contributed by atoms with van der Waals surface area (Å²) >= 11 is 0. The quantitative estimate of drug-likeness (QED) is 0.258. The van der Waals surface area contributed by atoms with Crippen molar-refractivity contribution < 1.29 is 27.8 Å². The van der Waals surface area contributed by atoms with Crippen LogP contribution in [0.4, 0.5) is 30.6 Å². The summed E-state index contributed by atoms with van der Waals surface area (Å²) in [4.78, 5) is 25.8. The highest BCUT2D eigenvalue weighted by Gasteiger charge is 2.46. The number of aromatic nitrogens is 2. The number of benzene rings is 2. The van der Waals surface area contributed by atoms with E-state index in [4.69, 9.17) is 16.2 Å². The predicted octanol–water partition coefficient (Wildman–Crippen LogP) is 5.01. The van der Waals surface area contributed by atoms with Gasteiger partial charge in [-0.3, -0.25) is 9.79 Å². The van der Waals surface area contributed by atoms with Gasteiger partial charge in [-0.1, -0.05) is 42.5 Å². The van der Waals surface area contributed by atoms with Crippen LogP contribution in [0.5, 0.6) is 5.88 Å². The molecular weight excluding hydrogens is 575 g/mol. The minimum atomic E-state index is -4.83. The molecule has 6 N–H and O–H groups in total. The van der Waals surface area contributed by atoms with Crippen molar-refractivity contribution in [1.82, 2.24) is 15.3 Å². The molecule has 2 aliphatic rings. The van der Waals surface area contributed by atoms with Crippen LogP contribution < -0.4 is 26.4 Å². The normalized spacial score (nSPS) is 19.4. The summed E-state index contributed by atoms with van der Waals surface area (Å²) < 4.78 is 49.4. The number of nitrogens with two attached hydrogens (primary N) is 2. The van der Waals surface area contributed by atoms with E-state index in [0.717, 1.165) is 5.56 Å². The third kappa shape index (κ3) is 7.10. The lowest BCUT2D eigenvalue weighted by atomic mass is 9.76. The summed E-state index contributed by atoms with van der Waals surface area (Å²) in [7, 11) is 0. The monoisotopic (exact) mass is 609 g/mol. The van der Waals surface area contributed by atoms with Gasteiger partial charge in [0.2, 0.25) is 17.9 Å². The molecule has 0 saturated carbocycles. The van der Waals surface area contributed by atoms with Crippen LogP contribution in [0.3, 0.4) is 0 Å². The van der Waals surface area contributed by atoms with E-state index in [1.54, 1.807) is 19.1 Å². The van der Waals surface area contributed by atoms with Crippen LogP contribution in [-0.2, 0) is 4.79 Å². The minimum Gasteiger partial charge on any atom is -0.480 e. The second kappa shape index (κ2) is 12.5. The Hall–Kier alpha value is -4.65. The number of ether oxygens (including phenoxy) is 1. The van der Waals surface area contributed by atoms with Gasteiger partial charge in [0.1, 0.15) is 11.9 Å². The molecule has 0 unspecified atom stereocenters. The average molecular weight is 610 g/mol. The van der Waals surface area contributed by atoms with Gasteiger partial charge in [0.25, 0.3) is 0 Å². The molecule has 0 aliphatic carbocycles. The summed E-state index contributed by atoms with van der Waals surface area (Å²) in [6.07, 6.45) is -2.48. The Morgan fingerprint density at radius 2 is 1.89 bits per heavy atom. The van der Waals surface area contributed by atoms with Crippen molar-refractivity contribution in [1.29, 1.82) is 0 Å². The van der Waals surface area contributed by atoms with Crippen molar-refractivity contribution in [2.24, 2.45) is 16.1 Å². The number of anilines is 2. The summed E-state index contributed by atoms with van der Waals surface area (Å²) in [5.41, 5.74) is 13.3. The van der Waals surface area contributed by atoms with Gasteiger partial charge < -0.3 is 31.5 Å². The molecule has 232 valence electrons. The molecule has 3 heterocycles. The smallest absolute Gasteiger partial charge is 0.429 e. The first-order valence-corrected chi connectivity index (χ1v) is 14.2. The van der Waals surface area contributed by atoms with Gasteiger partial charge in [0, 0.05) is 43.2 Å². The Morgan fingerprint density at radius 3 is 2.52 bits per heavy atom. The van der Waals surface area contributed by atoms with E-state index in [0.29, 0.717) is 56.0 Å². The molecule has 3 aromatic rings. The number of nitrogens with one attached hydrogen (secondary N) is 1. The minimum absolute atomic E-state index is 0.0552. The predicted molar refractivity (Wildman–Crippen MR) is 162 cm³/mol. The van der Waals surface area contributed by atoms with Crippen molar-refractivity contribution >= 4 is 29.6 Å². The molecule has 2 aromatic carbocycles. The third-order valence-corrected chi connectivity index (χ3v) is 8.02. The zero-order chi connectivity index (χ0) is 31.5. The highest BCUT2D eigenvalue weighted by molar-refractivity contribution is 5.78. The molecule has 2 saturated heterocycles. The molecule has 2 aliphatic heterocycles. The standard InChI is InChI=1S/C31H34F3N7O3/c1-19(35)9-12-37-23-15-21(20-5-3-2-4-6-20)7-8-22(23)27(31(32,33)34)44-26-16-25(39-29(36)40-26)41-13-10-30(11-14-41)17-24(28(42)43)38-18-30/h2-9,12,15-16,24,27,38H,10-11,13-14,17-18,35H2,1H3,(H,42,43)(H2,36,39,40)/t24-,27+/m0/s1. The molecular formula is C31H34F3N7O3. The van der Waals surface area contributed by atoms with Crippen molar-refractivity contribution in [3.05, 3.63) is 71.9 Å². The first-order valence-electron chi connectivity index (χ1n) is 14.2. The fourth-order valence-corrected chi connectivity index (χ4v) is 5.69. The Kier molecular flexibility index (Phi) is 8.77. The van der Waals surface area contributed by atoms with Crippen LogP contribution >= 0.6 is 0 Å². The summed E-state index contributed by atoms with van der Waals surface area (Å²) in [6.45, 7) is 3.30. The summed E-state index contributed by atoms with van der Waals surface area (Å²) in [5, 5.41) is 12.4. The molecule has 2 atom stereocenters. The zero-order valence-electron chi connectivity index (χ0n) is 24.1. The lowest BCUT2D eigenvalue weighted by molar-refractivity contribution is -0.198. The van der Waals surface area contributed by atoms with Crippen LogP contribution in [-0.4, -0.2) is 59.1 Å². The number of alkyl halides is 3. The molecule has 5 rings (SSSR count). The van der Waals surface area contributed by atoms with Gasteiger partial charge in [-0.05, 0) is 54.9 Å². The number of aliphatic carboxylic acids is 1. The van der Waals surface area contributed by atoms with Gasteiger partial charge in [0.05, 0.1) is 5.69 Å². The third-order valence-electron chi connectivity index (χ3n) is 8.02. The van der Waals surface area contributed by atoms with Crippen LogP contribution in [0.25, 0.3) is 11.1 Å². The molecule has 1 spiro atoms. The number of nitrogen functional groups attached to an aromatic ring is 1. The maximum Gasteiger partial charge on any atom is 0.429 e. The van der Waals surface area contributed by atoms with Crippen LogP contribution in [0, 0.1) is 5.41 Å². The van der Waals surface area contributed by atoms with E-state index in [1.807, 2.05) is 35.2 Å². The number of carbonyl (C=O) groups is 1.